The maximum absolute atomic E-state index is 5.85. The largest absolute Gasteiger partial charge is 0.330 e. The van der Waals surface area contributed by atoms with Gasteiger partial charge in [0.15, 0.2) is 0 Å². The minimum atomic E-state index is 0.313. The molecule has 0 saturated heterocycles. The molecule has 2 rings (SSSR count). The summed E-state index contributed by atoms with van der Waals surface area (Å²) >= 11 is 0. The summed E-state index contributed by atoms with van der Waals surface area (Å²) in [5.41, 5.74) is 6.97. The Morgan fingerprint density at radius 2 is 2.24 bits per heavy atom. The van der Waals surface area contributed by atoms with E-state index in [0.29, 0.717) is 18.0 Å². The monoisotopic (exact) mass is 233 g/mol. The average Bonchev–Trinajstić information content (AvgIpc) is 2.40. The van der Waals surface area contributed by atoms with Crippen LogP contribution in [0.15, 0.2) is 24.4 Å². The molecule has 0 radical (unpaired) electrons. The van der Waals surface area contributed by atoms with Crippen LogP contribution in [0.5, 0.6) is 0 Å². The highest BCUT2D eigenvalue weighted by molar-refractivity contribution is 5.08. The molecule has 3 nitrogen and oxygen atoms in total. The van der Waals surface area contributed by atoms with Gasteiger partial charge in [-0.1, -0.05) is 18.9 Å². The van der Waals surface area contributed by atoms with Crippen LogP contribution in [0.25, 0.3) is 0 Å². The van der Waals surface area contributed by atoms with Gasteiger partial charge in [-0.05, 0) is 44.4 Å². The second-order valence-corrected chi connectivity index (χ2v) is 5.03. The summed E-state index contributed by atoms with van der Waals surface area (Å²) < 4.78 is 0. The van der Waals surface area contributed by atoms with Gasteiger partial charge in [-0.2, -0.15) is 0 Å². The van der Waals surface area contributed by atoms with Gasteiger partial charge >= 0.3 is 0 Å². The summed E-state index contributed by atoms with van der Waals surface area (Å²) in [5, 5.41) is 3.69. The number of nitrogens with zero attached hydrogens (tertiary/aromatic N) is 1. The highest BCUT2D eigenvalue weighted by Gasteiger charge is 2.25. The van der Waals surface area contributed by atoms with Gasteiger partial charge in [-0.25, -0.2) is 0 Å². The molecule has 0 spiro atoms. The third kappa shape index (κ3) is 3.27. The molecule has 1 heterocycles. The molecule has 3 N–H and O–H groups in total. The first-order chi connectivity index (χ1) is 8.31. The maximum atomic E-state index is 5.85. The number of pyridine rings is 1. The molecule has 1 aromatic heterocycles. The predicted octanol–water partition coefficient (Wildman–Crippen LogP) is 2.25. The van der Waals surface area contributed by atoms with Crippen LogP contribution in [-0.2, 0) is 0 Å². The minimum absolute atomic E-state index is 0.313. The highest BCUT2D eigenvalue weighted by Crippen LogP contribution is 2.25. The Hall–Kier alpha value is -0.930. The molecule has 1 aromatic rings. The predicted molar refractivity (Wildman–Crippen MR) is 70.6 cm³/mol. The summed E-state index contributed by atoms with van der Waals surface area (Å²) in [6.07, 6.45) is 7.03. The first-order valence-electron chi connectivity index (χ1n) is 6.68. The lowest BCUT2D eigenvalue weighted by Crippen LogP contribution is -2.43. The van der Waals surface area contributed by atoms with Gasteiger partial charge in [0.25, 0.3) is 0 Å². The number of nitrogens with two attached hydrogens (primary N) is 1. The van der Waals surface area contributed by atoms with E-state index in [2.05, 4.69) is 23.3 Å². The standard InChI is InChI=1S/C14H23N3/c1-11(13-7-4-5-9-16-13)17-14-8-3-2-6-12(14)10-15/h4-5,7,9,11-12,14,17H,2-3,6,8,10,15H2,1H3. The second kappa shape index (κ2) is 6.12. The average molecular weight is 233 g/mol. The molecule has 0 amide bonds. The normalized spacial score (nSPS) is 26.7. The van der Waals surface area contributed by atoms with Gasteiger partial charge < -0.3 is 11.1 Å². The molecule has 0 bridgehead atoms. The molecule has 1 saturated carbocycles. The van der Waals surface area contributed by atoms with Crippen molar-refractivity contribution in [2.45, 2.75) is 44.7 Å². The number of hydrogen-bond donors (Lipinski definition) is 2. The van der Waals surface area contributed by atoms with Gasteiger partial charge in [-0.3, -0.25) is 4.98 Å². The first-order valence-corrected chi connectivity index (χ1v) is 6.68. The van der Waals surface area contributed by atoms with Crippen LogP contribution in [-0.4, -0.2) is 17.6 Å². The van der Waals surface area contributed by atoms with Crippen LogP contribution in [0.1, 0.15) is 44.3 Å². The van der Waals surface area contributed by atoms with E-state index in [0.717, 1.165) is 12.2 Å². The van der Waals surface area contributed by atoms with Gasteiger partial charge in [0.2, 0.25) is 0 Å². The number of aromatic nitrogens is 1. The van der Waals surface area contributed by atoms with Crippen LogP contribution < -0.4 is 11.1 Å². The van der Waals surface area contributed by atoms with Crippen LogP contribution in [0.3, 0.4) is 0 Å². The molecule has 3 atom stereocenters. The zero-order chi connectivity index (χ0) is 12.1. The van der Waals surface area contributed by atoms with Crippen LogP contribution in [0.2, 0.25) is 0 Å². The van der Waals surface area contributed by atoms with Crippen LogP contribution >= 0.6 is 0 Å². The Morgan fingerprint density at radius 1 is 1.41 bits per heavy atom. The van der Waals surface area contributed by atoms with Gasteiger partial charge in [0.05, 0.1) is 5.69 Å². The fourth-order valence-electron chi connectivity index (χ4n) is 2.75. The molecule has 3 unspecified atom stereocenters. The molecule has 17 heavy (non-hydrogen) atoms. The topological polar surface area (TPSA) is 50.9 Å². The maximum Gasteiger partial charge on any atom is 0.0570 e. The lowest BCUT2D eigenvalue weighted by Gasteiger charge is -2.33. The van der Waals surface area contributed by atoms with Gasteiger partial charge in [0, 0.05) is 18.3 Å². The lowest BCUT2D eigenvalue weighted by molar-refractivity contribution is 0.251. The molecule has 0 aliphatic heterocycles. The Labute approximate surface area is 104 Å². The SMILES string of the molecule is CC(NC1CCCCC1CN)c1ccccn1. The van der Waals surface area contributed by atoms with E-state index in [9.17, 15) is 0 Å². The van der Waals surface area contributed by atoms with Crippen molar-refractivity contribution in [3.05, 3.63) is 30.1 Å². The Morgan fingerprint density at radius 3 is 2.94 bits per heavy atom. The number of rotatable bonds is 4. The smallest absolute Gasteiger partial charge is 0.0570 e. The van der Waals surface area contributed by atoms with E-state index in [-0.39, 0.29) is 0 Å². The zero-order valence-electron chi connectivity index (χ0n) is 10.6. The van der Waals surface area contributed by atoms with E-state index in [1.165, 1.54) is 25.7 Å². The lowest BCUT2D eigenvalue weighted by atomic mass is 9.84. The zero-order valence-corrected chi connectivity index (χ0v) is 10.6. The van der Waals surface area contributed by atoms with E-state index in [4.69, 9.17) is 5.73 Å². The van der Waals surface area contributed by atoms with Gasteiger partial charge in [-0.15, -0.1) is 0 Å². The molecule has 1 aliphatic carbocycles. The number of nitrogens with one attached hydrogen (secondary N) is 1. The van der Waals surface area contributed by atoms with Crippen LogP contribution in [0, 0.1) is 5.92 Å². The van der Waals surface area contributed by atoms with E-state index < -0.39 is 0 Å². The quantitative estimate of drug-likeness (QED) is 0.838. The molecule has 0 aromatic carbocycles. The Kier molecular flexibility index (Phi) is 4.51. The van der Waals surface area contributed by atoms with Crippen molar-refractivity contribution >= 4 is 0 Å². The van der Waals surface area contributed by atoms with Crippen molar-refractivity contribution in [1.82, 2.24) is 10.3 Å². The summed E-state index contributed by atoms with van der Waals surface area (Å²) in [6.45, 7) is 2.98. The Balaban J connectivity index is 1.95. The van der Waals surface area contributed by atoms with Crippen molar-refractivity contribution in [3.63, 3.8) is 0 Å². The summed E-state index contributed by atoms with van der Waals surface area (Å²) in [5.74, 6) is 0.634. The highest BCUT2D eigenvalue weighted by atomic mass is 15.0. The summed E-state index contributed by atoms with van der Waals surface area (Å²) in [7, 11) is 0. The van der Waals surface area contributed by atoms with Gasteiger partial charge in [0.1, 0.15) is 0 Å². The third-order valence-electron chi connectivity index (χ3n) is 3.81. The van der Waals surface area contributed by atoms with E-state index in [1.54, 1.807) is 0 Å². The van der Waals surface area contributed by atoms with Crippen molar-refractivity contribution in [1.29, 1.82) is 0 Å². The fraction of sp³-hybridized carbons (Fsp3) is 0.643. The van der Waals surface area contributed by atoms with E-state index in [1.807, 2.05) is 18.3 Å². The third-order valence-corrected chi connectivity index (χ3v) is 3.81. The summed E-state index contributed by atoms with van der Waals surface area (Å²) in [4.78, 5) is 4.40. The Bertz CT molecular complexity index is 325. The van der Waals surface area contributed by atoms with Crippen molar-refractivity contribution < 1.29 is 0 Å². The first kappa shape index (κ1) is 12.5. The molecular weight excluding hydrogens is 210 g/mol. The fourth-order valence-corrected chi connectivity index (χ4v) is 2.75. The molecular formula is C14H23N3. The van der Waals surface area contributed by atoms with Crippen molar-refractivity contribution in [3.8, 4) is 0 Å². The second-order valence-electron chi connectivity index (χ2n) is 5.03. The molecule has 94 valence electrons. The van der Waals surface area contributed by atoms with Crippen molar-refractivity contribution in [2.24, 2.45) is 11.7 Å². The van der Waals surface area contributed by atoms with Crippen LogP contribution in [0.4, 0.5) is 0 Å². The summed E-state index contributed by atoms with van der Waals surface area (Å²) in [6, 6.07) is 6.96. The molecule has 1 fully saturated rings. The van der Waals surface area contributed by atoms with E-state index >= 15 is 0 Å². The molecule has 1 aliphatic rings. The molecule has 3 heteroatoms. The minimum Gasteiger partial charge on any atom is -0.330 e. The van der Waals surface area contributed by atoms with Crippen molar-refractivity contribution in [2.75, 3.05) is 6.54 Å². The number of hydrogen-bond acceptors (Lipinski definition) is 3.